The standard InChI is InChI=1S/C17H24N2O3/c1-12(2)16(21)10-11-18-17(22)9-6-14-4-7-15(8-5-14)19-13(3)20/h4-9,12,16,21H,10-11H2,1-3H3,(H,18,22)(H,19,20). The summed E-state index contributed by atoms with van der Waals surface area (Å²) in [6.07, 6.45) is 3.30. The lowest BCUT2D eigenvalue weighted by Gasteiger charge is -2.13. The van der Waals surface area contributed by atoms with Gasteiger partial charge in [-0.15, -0.1) is 0 Å². The molecule has 0 saturated heterocycles. The van der Waals surface area contributed by atoms with Crippen molar-refractivity contribution in [3.8, 4) is 0 Å². The summed E-state index contributed by atoms with van der Waals surface area (Å²) in [6.45, 7) is 5.78. The van der Waals surface area contributed by atoms with Crippen LogP contribution in [0.1, 0.15) is 32.8 Å². The van der Waals surface area contributed by atoms with Gasteiger partial charge in [-0.25, -0.2) is 0 Å². The van der Waals surface area contributed by atoms with Crippen molar-refractivity contribution in [1.82, 2.24) is 5.32 Å². The van der Waals surface area contributed by atoms with E-state index in [0.717, 1.165) is 11.3 Å². The lowest BCUT2D eigenvalue weighted by Crippen LogP contribution is -2.27. The molecule has 120 valence electrons. The summed E-state index contributed by atoms with van der Waals surface area (Å²) in [6, 6.07) is 7.19. The highest BCUT2D eigenvalue weighted by Crippen LogP contribution is 2.10. The van der Waals surface area contributed by atoms with E-state index in [-0.39, 0.29) is 17.7 Å². The van der Waals surface area contributed by atoms with Crippen molar-refractivity contribution in [1.29, 1.82) is 0 Å². The van der Waals surface area contributed by atoms with Crippen molar-refractivity contribution in [2.75, 3.05) is 11.9 Å². The lowest BCUT2D eigenvalue weighted by atomic mass is 10.0. The molecule has 3 N–H and O–H groups in total. The number of carbonyl (C=O) groups is 2. The monoisotopic (exact) mass is 304 g/mol. The average Bonchev–Trinajstić information content (AvgIpc) is 2.45. The first kappa shape index (κ1) is 17.9. The minimum atomic E-state index is -0.398. The van der Waals surface area contributed by atoms with Crippen LogP contribution in [-0.4, -0.2) is 29.6 Å². The summed E-state index contributed by atoms with van der Waals surface area (Å²) in [5.74, 6) is -0.122. The fraction of sp³-hybridized carbons (Fsp3) is 0.412. The third-order valence-corrected chi connectivity index (χ3v) is 3.17. The van der Waals surface area contributed by atoms with Crippen LogP contribution in [-0.2, 0) is 9.59 Å². The van der Waals surface area contributed by atoms with Gasteiger partial charge in [0.2, 0.25) is 11.8 Å². The predicted octanol–water partition coefficient (Wildman–Crippen LogP) is 2.18. The van der Waals surface area contributed by atoms with Crippen molar-refractivity contribution in [3.05, 3.63) is 35.9 Å². The topological polar surface area (TPSA) is 78.4 Å². The maximum Gasteiger partial charge on any atom is 0.244 e. The molecule has 0 heterocycles. The molecule has 1 aromatic carbocycles. The van der Waals surface area contributed by atoms with Crippen LogP contribution in [0.4, 0.5) is 5.69 Å². The zero-order valence-electron chi connectivity index (χ0n) is 13.3. The smallest absolute Gasteiger partial charge is 0.244 e. The Hall–Kier alpha value is -2.14. The molecule has 0 aliphatic carbocycles. The van der Waals surface area contributed by atoms with Crippen LogP contribution in [0.3, 0.4) is 0 Å². The molecule has 0 aliphatic heterocycles. The van der Waals surface area contributed by atoms with E-state index in [1.54, 1.807) is 18.2 Å². The quantitative estimate of drug-likeness (QED) is 0.676. The number of nitrogens with one attached hydrogen (secondary N) is 2. The molecule has 1 aromatic rings. The highest BCUT2D eigenvalue weighted by molar-refractivity contribution is 5.92. The molecule has 0 aliphatic rings. The Bertz CT molecular complexity index is 521. The summed E-state index contributed by atoms with van der Waals surface area (Å²) in [5.41, 5.74) is 1.59. The van der Waals surface area contributed by atoms with Gasteiger partial charge in [0.1, 0.15) is 0 Å². The molecule has 0 spiro atoms. The molecule has 5 heteroatoms. The van der Waals surface area contributed by atoms with Crippen LogP contribution in [0.25, 0.3) is 6.08 Å². The van der Waals surface area contributed by atoms with Gasteiger partial charge in [-0.05, 0) is 36.1 Å². The van der Waals surface area contributed by atoms with E-state index >= 15 is 0 Å². The number of aliphatic hydroxyl groups excluding tert-OH is 1. The van der Waals surface area contributed by atoms with Gasteiger partial charge in [0.25, 0.3) is 0 Å². The highest BCUT2D eigenvalue weighted by atomic mass is 16.3. The zero-order chi connectivity index (χ0) is 16.5. The largest absolute Gasteiger partial charge is 0.393 e. The first-order valence-electron chi connectivity index (χ1n) is 7.40. The molecule has 2 amide bonds. The Kier molecular flexibility index (Phi) is 7.32. The van der Waals surface area contributed by atoms with Gasteiger partial charge in [0.05, 0.1) is 6.10 Å². The van der Waals surface area contributed by atoms with Crippen molar-refractivity contribution in [2.45, 2.75) is 33.3 Å². The van der Waals surface area contributed by atoms with Crippen LogP contribution in [0.15, 0.2) is 30.3 Å². The molecule has 22 heavy (non-hydrogen) atoms. The second-order valence-corrected chi connectivity index (χ2v) is 5.53. The molecule has 0 aromatic heterocycles. The van der Waals surface area contributed by atoms with E-state index in [9.17, 15) is 14.7 Å². The Morgan fingerprint density at radius 1 is 1.23 bits per heavy atom. The van der Waals surface area contributed by atoms with E-state index in [0.29, 0.717) is 13.0 Å². The summed E-state index contributed by atoms with van der Waals surface area (Å²) in [7, 11) is 0. The van der Waals surface area contributed by atoms with E-state index in [1.807, 2.05) is 26.0 Å². The Balaban J connectivity index is 2.40. The van der Waals surface area contributed by atoms with E-state index < -0.39 is 6.10 Å². The van der Waals surface area contributed by atoms with Crippen LogP contribution in [0.2, 0.25) is 0 Å². The summed E-state index contributed by atoms with van der Waals surface area (Å²) in [4.78, 5) is 22.6. The van der Waals surface area contributed by atoms with Crippen molar-refractivity contribution >= 4 is 23.6 Å². The third kappa shape index (κ3) is 7.04. The van der Waals surface area contributed by atoms with E-state index in [2.05, 4.69) is 10.6 Å². The highest BCUT2D eigenvalue weighted by Gasteiger charge is 2.08. The maximum atomic E-state index is 11.6. The Labute approximate surface area is 131 Å². The van der Waals surface area contributed by atoms with Crippen LogP contribution in [0.5, 0.6) is 0 Å². The molecule has 5 nitrogen and oxygen atoms in total. The van der Waals surface area contributed by atoms with Gasteiger partial charge in [-0.2, -0.15) is 0 Å². The minimum absolute atomic E-state index is 0.119. The van der Waals surface area contributed by atoms with Gasteiger partial charge < -0.3 is 15.7 Å². The predicted molar refractivity (Wildman–Crippen MR) is 88.3 cm³/mol. The van der Waals surface area contributed by atoms with Crippen LogP contribution < -0.4 is 10.6 Å². The molecular weight excluding hydrogens is 280 g/mol. The lowest BCUT2D eigenvalue weighted by molar-refractivity contribution is -0.116. The SMILES string of the molecule is CC(=O)Nc1ccc(C=CC(=O)NCCC(O)C(C)C)cc1. The summed E-state index contributed by atoms with van der Waals surface area (Å²) < 4.78 is 0. The number of hydrogen-bond acceptors (Lipinski definition) is 3. The molecule has 1 atom stereocenters. The van der Waals surface area contributed by atoms with Gasteiger partial charge in [-0.3, -0.25) is 9.59 Å². The van der Waals surface area contributed by atoms with Crippen molar-refractivity contribution in [3.63, 3.8) is 0 Å². The van der Waals surface area contributed by atoms with Gasteiger partial charge in [0, 0.05) is 25.2 Å². The number of aliphatic hydroxyl groups is 1. The molecule has 0 fully saturated rings. The normalized spacial score (nSPS) is 12.4. The van der Waals surface area contributed by atoms with Gasteiger partial charge >= 0.3 is 0 Å². The first-order chi connectivity index (χ1) is 10.4. The number of hydrogen-bond donors (Lipinski definition) is 3. The molecule has 1 rings (SSSR count). The third-order valence-electron chi connectivity index (χ3n) is 3.17. The second kappa shape index (κ2) is 9.00. The average molecular weight is 304 g/mol. The second-order valence-electron chi connectivity index (χ2n) is 5.53. The number of rotatable bonds is 7. The molecular formula is C17H24N2O3. The Morgan fingerprint density at radius 3 is 2.41 bits per heavy atom. The molecule has 0 bridgehead atoms. The fourth-order valence-corrected chi connectivity index (χ4v) is 1.79. The summed E-state index contributed by atoms with van der Waals surface area (Å²) >= 11 is 0. The van der Waals surface area contributed by atoms with E-state index in [4.69, 9.17) is 0 Å². The number of amides is 2. The van der Waals surface area contributed by atoms with E-state index in [1.165, 1.54) is 13.0 Å². The molecule has 1 unspecified atom stereocenters. The fourth-order valence-electron chi connectivity index (χ4n) is 1.79. The minimum Gasteiger partial charge on any atom is -0.393 e. The van der Waals surface area contributed by atoms with Gasteiger partial charge in [0.15, 0.2) is 0 Å². The zero-order valence-corrected chi connectivity index (χ0v) is 13.3. The number of benzene rings is 1. The van der Waals surface area contributed by atoms with Crippen molar-refractivity contribution < 1.29 is 14.7 Å². The summed E-state index contributed by atoms with van der Waals surface area (Å²) in [5, 5.41) is 15.0. The molecule has 0 saturated carbocycles. The number of carbonyl (C=O) groups excluding carboxylic acids is 2. The van der Waals surface area contributed by atoms with Crippen molar-refractivity contribution in [2.24, 2.45) is 5.92 Å². The number of anilines is 1. The molecule has 0 radical (unpaired) electrons. The first-order valence-corrected chi connectivity index (χ1v) is 7.40. The Morgan fingerprint density at radius 2 is 1.86 bits per heavy atom. The van der Waals surface area contributed by atoms with Crippen LogP contribution >= 0.6 is 0 Å². The maximum absolute atomic E-state index is 11.6. The van der Waals surface area contributed by atoms with Gasteiger partial charge in [-0.1, -0.05) is 26.0 Å². The van der Waals surface area contributed by atoms with Crippen LogP contribution in [0, 0.1) is 5.92 Å².